The van der Waals surface area contributed by atoms with Crippen molar-refractivity contribution in [2.75, 3.05) is 19.4 Å². The standard InChI is InChI=1S/C16H25NO4S/c1-6-7-16-8-9-22-11(16)10-17(12(16)13(18)20-5)14(19)21-15(2,3)4/h6,11-12H,1,7-10H2,2-5H3/t11-,12+,16-/m0/s1. The van der Waals surface area contributed by atoms with E-state index >= 15 is 0 Å². The van der Waals surface area contributed by atoms with E-state index in [0.717, 1.165) is 12.2 Å². The van der Waals surface area contributed by atoms with Crippen molar-refractivity contribution < 1.29 is 19.1 Å². The maximum absolute atomic E-state index is 12.5. The number of hydrogen-bond donors (Lipinski definition) is 0. The number of likely N-dealkylation sites (tertiary alicyclic amines) is 1. The van der Waals surface area contributed by atoms with Gasteiger partial charge in [0.05, 0.1) is 7.11 Å². The highest BCUT2D eigenvalue weighted by atomic mass is 32.2. The molecular weight excluding hydrogens is 302 g/mol. The normalized spacial score (nSPS) is 30.8. The van der Waals surface area contributed by atoms with E-state index in [9.17, 15) is 9.59 Å². The van der Waals surface area contributed by atoms with Gasteiger partial charge in [0.2, 0.25) is 0 Å². The van der Waals surface area contributed by atoms with Gasteiger partial charge in [-0.1, -0.05) is 6.08 Å². The summed E-state index contributed by atoms with van der Waals surface area (Å²) in [5.41, 5.74) is -0.870. The Kier molecular flexibility index (Phi) is 4.80. The first-order valence-corrected chi connectivity index (χ1v) is 8.60. The van der Waals surface area contributed by atoms with E-state index in [-0.39, 0.29) is 16.6 Å². The average molecular weight is 327 g/mol. The molecule has 0 radical (unpaired) electrons. The van der Waals surface area contributed by atoms with Crippen molar-refractivity contribution in [2.45, 2.75) is 50.5 Å². The van der Waals surface area contributed by atoms with Gasteiger partial charge in [-0.15, -0.1) is 6.58 Å². The molecule has 0 bridgehead atoms. The Bertz CT molecular complexity index is 473. The van der Waals surface area contributed by atoms with E-state index in [1.165, 1.54) is 7.11 Å². The highest BCUT2D eigenvalue weighted by molar-refractivity contribution is 8.00. The molecule has 6 heteroatoms. The molecule has 2 rings (SSSR count). The largest absolute Gasteiger partial charge is 0.467 e. The van der Waals surface area contributed by atoms with E-state index in [1.807, 2.05) is 38.6 Å². The first kappa shape index (κ1) is 17.2. The molecule has 2 aliphatic rings. The molecule has 0 aromatic heterocycles. The SMILES string of the molecule is C=CC[C@]12CCS[C@H]1CN(C(=O)OC(C)(C)C)[C@@H]2C(=O)OC. The van der Waals surface area contributed by atoms with Crippen LogP contribution in [0.3, 0.4) is 0 Å². The number of methoxy groups -OCH3 is 1. The van der Waals surface area contributed by atoms with Gasteiger partial charge in [-0.25, -0.2) is 9.59 Å². The maximum atomic E-state index is 12.5. The Morgan fingerprint density at radius 3 is 2.68 bits per heavy atom. The van der Waals surface area contributed by atoms with Crippen LogP contribution in [0.5, 0.6) is 0 Å². The van der Waals surface area contributed by atoms with Crippen LogP contribution in [0.1, 0.15) is 33.6 Å². The van der Waals surface area contributed by atoms with Gasteiger partial charge in [-0.2, -0.15) is 11.8 Å². The lowest BCUT2D eigenvalue weighted by molar-refractivity contribution is -0.149. The summed E-state index contributed by atoms with van der Waals surface area (Å²) in [4.78, 5) is 26.5. The molecular formula is C16H25NO4S. The number of esters is 1. The summed E-state index contributed by atoms with van der Waals surface area (Å²) >= 11 is 1.82. The first-order chi connectivity index (χ1) is 10.2. The quantitative estimate of drug-likeness (QED) is 0.589. The molecule has 0 aromatic rings. The topological polar surface area (TPSA) is 55.8 Å². The highest BCUT2D eigenvalue weighted by Crippen LogP contribution is 2.54. The Labute approximate surface area is 136 Å². The zero-order valence-electron chi connectivity index (χ0n) is 13.8. The Morgan fingerprint density at radius 1 is 1.45 bits per heavy atom. The van der Waals surface area contributed by atoms with Crippen LogP contribution in [0.2, 0.25) is 0 Å². The summed E-state index contributed by atoms with van der Waals surface area (Å²) in [7, 11) is 1.37. The minimum atomic E-state index is -0.592. The van der Waals surface area contributed by atoms with Crippen molar-refractivity contribution in [1.82, 2.24) is 4.90 Å². The minimum Gasteiger partial charge on any atom is -0.467 e. The average Bonchev–Trinajstić information content (AvgIpc) is 2.91. The van der Waals surface area contributed by atoms with Gasteiger partial charge in [0.1, 0.15) is 11.6 Å². The lowest BCUT2D eigenvalue weighted by Crippen LogP contribution is -2.50. The van der Waals surface area contributed by atoms with E-state index < -0.39 is 17.7 Å². The second kappa shape index (κ2) is 6.14. The molecule has 0 aliphatic carbocycles. The van der Waals surface area contributed by atoms with Crippen LogP contribution < -0.4 is 0 Å². The summed E-state index contributed by atoms with van der Waals surface area (Å²) in [5.74, 6) is 0.631. The number of fused-ring (bicyclic) bond motifs is 1. The number of carbonyl (C=O) groups is 2. The van der Waals surface area contributed by atoms with Crippen molar-refractivity contribution in [3.63, 3.8) is 0 Å². The van der Waals surface area contributed by atoms with Crippen LogP contribution in [-0.2, 0) is 14.3 Å². The number of ether oxygens (including phenoxy) is 2. The summed E-state index contributed by atoms with van der Waals surface area (Å²) in [6, 6.07) is -0.592. The smallest absolute Gasteiger partial charge is 0.411 e. The van der Waals surface area contributed by atoms with Crippen molar-refractivity contribution in [3.8, 4) is 0 Å². The molecule has 2 heterocycles. The molecule has 3 atom stereocenters. The van der Waals surface area contributed by atoms with Gasteiger partial charge in [-0.3, -0.25) is 4.90 Å². The molecule has 2 fully saturated rings. The van der Waals surface area contributed by atoms with Crippen LogP contribution >= 0.6 is 11.8 Å². The van der Waals surface area contributed by atoms with Gasteiger partial charge in [0.25, 0.3) is 0 Å². The number of hydrogen-bond acceptors (Lipinski definition) is 5. The summed E-state index contributed by atoms with van der Waals surface area (Å²) in [6.45, 7) is 9.82. The number of thioether (sulfide) groups is 1. The molecule has 0 N–H and O–H groups in total. The lowest BCUT2D eigenvalue weighted by atomic mass is 9.75. The second-order valence-corrected chi connectivity index (χ2v) is 8.20. The second-order valence-electron chi connectivity index (χ2n) is 6.89. The molecule has 1 amide bonds. The third-order valence-electron chi connectivity index (χ3n) is 4.32. The highest BCUT2D eigenvalue weighted by Gasteiger charge is 2.61. The molecule has 2 saturated heterocycles. The number of carbonyl (C=O) groups excluding carboxylic acids is 2. The number of allylic oxidation sites excluding steroid dienone is 1. The lowest BCUT2D eigenvalue weighted by Gasteiger charge is -2.35. The summed E-state index contributed by atoms with van der Waals surface area (Å²) in [6.07, 6.45) is 2.98. The predicted octanol–water partition coefficient (Wildman–Crippen LogP) is 2.85. The van der Waals surface area contributed by atoms with Crippen LogP contribution in [0.15, 0.2) is 12.7 Å². The Balaban J connectivity index is 2.33. The van der Waals surface area contributed by atoms with Crippen LogP contribution in [0.25, 0.3) is 0 Å². The molecule has 5 nitrogen and oxygen atoms in total. The monoisotopic (exact) mass is 327 g/mol. The van der Waals surface area contributed by atoms with E-state index in [2.05, 4.69) is 6.58 Å². The molecule has 124 valence electrons. The Morgan fingerprint density at radius 2 is 2.14 bits per heavy atom. The van der Waals surface area contributed by atoms with Crippen molar-refractivity contribution in [1.29, 1.82) is 0 Å². The number of nitrogens with zero attached hydrogens (tertiary/aromatic N) is 1. The third kappa shape index (κ3) is 2.98. The minimum absolute atomic E-state index is 0.224. The number of amides is 1. The zero-order chi connectivity index (χ0) is 16.5. The fourth-order valence-electron chi connectivity index (χ4n) is 3.45. The Hall–Kier alpha value is -1.17. The van der Waals surface area contributed by atoms with E-state index in [4.69, 9.17) is 9.47 Å². The molecule has 0 unspecified atom stereocenters. The van der Waals surface area contributed by atoms with Gasteiger partial charge in [0, 0.05) is 17.2 Å². The summed E-state index contributed by atoms with van der Waals surface area (Å²) < 4.78 is 10.5. The molecule has 0 spiro atoms. The van der Waals surface area contributed by atoms with Crippen molar-refractivity contribution in [2.24, 2.45) is 5.41 Å². The maximum Gasteiger partial charge on any atom is 0.411 e. The van der Waals surface area contributed by atoms with Gasteiger partial charge < -0.3 is 9.47 Å². The summed E-state index contributed by atoms with van der Waals surface area (Å²) in [5, 5.41) is 0.224. The first-order valence-electron chi connectivity index (χ1n) is 7.55. The van der Waals surface area contributed by atoms with Gasteiger partial charge in [0.15, 0.2) is 0 Å². The van der Waals surface area contributed by atoms with Crippen LogP contribution in [0.4, 0.5) is 4.79 Å². The molecule has 2 aliphatic heterocycles. The van der Waals surface area contributed by atoms with E-state index in [1.54, 1.807) is 4.90 Å². The van der Waals surface area contributed by atoms with Crippen LogP contribution in [0, 0.1) is 5.41 Å². The van der Waals surface area contributed by atoms with Crippen molar-refractivity contribution in [3.05, 3.63) is 12.7 Å². The molecule has 22 heavy (non-hydrogen) atoms. The fraction of sp³-hybridized carbons (Fsp3) is 0.750. The predicted molar refractivity (Wildman–Crippen MR) is 86.9 cm³/mol. The molecule has 0 saturated carbocycles. The fourth-order valence-corrected chi connectivity index (χ4v) is 5.17. The molecule has 0 aromatic carbocycles. The van der Waals surface area contributed by atoms with Crippen LogP contribution in [-0.4, -0.2) is 53.3 Å². The van der Waals surface area contributed by atoms with Gasteiger partial charge >= 0.3 is 12.1 Å². The van der Waals surface area contributed by atoms with Gasteiger partial charge in [-0.05, 0) is 39.4 Å². The third-order valence-corrected chi connectivity index (χ3v) is 5.78. The van der Waals surface area contributed by atoms with Crippen molar-refractivity contribution >= 4 is 23.8 Å². The van der Waals surface area contributed by atoms with E-state index in [0.29, 0.717) is 13.0 Å². The number of rotatable bonds is 3. The zero-order valence-corrected chi connectivity index (χ0v) is 14.6.